The van der Waals surface area contributed by atoms with Gasteiger partial charge in [0, 0.05) is 32.0 Å². The molecule has 1 saturated heterocycles. The van der Waals surface area contributed by atoms with Gasteiger partial charge in [-0.1, -0.05) is 29.8 Å². The van der Waals surface area contributed by atoms with Crippen molar-refractivity contribution in [1.29, 1.82) is 0 Å². The zero-order valence-corrected chi connectivity index (χ0v) is 13.4. The molecule has 0 bridgehead atoms. The van der Waals surface area contributed by atoms with E-state index >= 15 is 0 Å². The molecule has 0 atom stereocenters. The summed E-state index contributed by atoms with van der Waals surface area (Å²) in [5.74, 6) is 1.85. The number of piperidine rings is 1. The Hall–Kier alpha value is -1.87. The lowest BCUT2D eigenvalue weighted by Crippen LogP contribution is -2.27. The van der Waals surface area contributed by atoms with Crippen LogP contribution in [0, 0.1) is 6.92 Å². The Balaban J connectivity index is 1.93. The van der Waals surface area contributed by atoms with E-state index in [0.29, 0.717) is 0 Å². The molecule has 3 nitrogen and oxygen atoms in total. The minimum absolute atomic E-state index is 0.787. The van der Waals surface area contributed by atoms with E-state index in [-0.39, 0.29) is 0 Å². The third-order valence-corrected chi connectivity index (χ3v) is 4.89. The van der Waals surface area contributed by atoms with Gasteiger partial charge in [0.25, 0.3) is 0 Å². The smallest absolute Gasteiger partial charge is 0.191 e. The molecular formula is C19H22N2O. The normalized spacial score (nSPS) is 18.8. The highest BCUT2D eigenvalue weighted by molar-refractivity contribution is 5.83. The van der Waals surface area contributed by atoms with E-state index in [4.69, 9.17) is 9.40 Å². The molecule has 1 fully saturated rings. The van der Waals surface area contributed by atoms with E-state index in [1.165, 1.54) is 16.7 Å². The number of aromatic nitrogens is 1. The largest absolute Gasteiger partial charge is 0.445 e. The van der Waals surface area contributed by atoms with Gasteiger partial charge in [-0.05, 0) is 37.4 Å². The number of oxazole rings is 1. The summed E-state index contributed by atoms with van der Waals surface area (Å²) in [6.07, 6.45) is 4.25. The monoisotopic (exact) mass is 294 g/mol. The topological polar surface area (TPSA) is 29.3 Å². The first-order valence-electron chi connectivity index (χ1n) is 8.18. The molecule has 2 heterocycles. The fourth-order valence-electron chi connectivity index (χ4n) is 3.69. The highest BCUT2D eigenvalue weighted by Gasteiger charge is 2.26. The first-order valence-corrected chi connectivity index (χ1v) is 8.18. The van der Waals surface area contributed by atoms with Gasteiger partial charge in [-0.3, -0.25) is 0 Å². The number of hydrogen-bond donors (Lipinski definition) is 0. The van der Waals surface area contributed by atoms with Crippen molar-refractivity contribution in [2.75, 3.05) is 20.1 Å². The van der Waals surface area contributed by atoms with Gasteiger partial charge in [0.2, 0.25) is 0 Å². The molecule has 2 aliphatic rings. The molecule has 0 radical (unpaired) electrons. The minimum atomic E-state index is 0.787. The summed E-state index contributed by atoms with van der Waals surface area (Å²) in [7, 11) is 2.20. The van der Waals surface area contributed by atoms with Crippen molar-refractivity contribution in [3.8, 4) is 0 Å². The lowest BCUT2D eigenvalue weighted by atomic mass is 9.89. The van der Waals surface area contributed by atoms with Crippen LogP contribution in [-0.4, -0.2) is 30.0 Å². The van der Waals surface area contributed by atoms with E-state index in [0.717, 1.165) is 56.1 Å². The number of likely N-dealkylation sites (tertiary alicyclic amines) is 1. The van der Waals surface area contributed by atoms with Gasteiger partial charge in [0.05, 0.1) is 0 Å². The second-order valence-electron chi connectivity index (χ2n) is 6.44. The maximum absolute atomic E-state index is 5.90. The van der Waals surface area contributed by atoms with Gasteiger partial charge in [0.15, 0.2) is 5.89 Å². The van der Waals surface area contributed by atoms with Crippen LogP contribution in [0.2, 0.25) is 0 Å². The molecule has 1 aliphatic carbocycles. The van der Waals surface area contributed by atoms with Crippen molar-refractivity contribution in [2.24, 2.45) is 0 Å². The van der Waals surface area contributed by atoms with Gasteiger partial charge in [0.1, 0.15) is 11.5 Å². The van der Waals surface area contributed by atoms with Gasteiger partial charge in [-0.2, -0.15) is 0 Å². The molecule has 0 spiro atoms. The Labute approximate surface area is 131 Å². The number of benzene rings is 1. The lowest BCUT2D eigenvalue weighted by Gasteiger charge is -2.26. The number of nitrogens with zero attached hydrogens (tertiary/aromatic N) is 2. The molecule has 1 aromatic carbocycles. The highest BCUT2D eigenvalue weighted by Crippen LogP contribution is 2.38. The first kappa shape index (κ1) is 13.8. The average Bonchev–Trinajstić information content (AvgIpc) is 2.82. The van der Waals surface area contributed by atoms with Crippen molar-refractivity contribution in [2.45, 2.75) is 32.6 Å². The summed E-state index contributed by atoms with van der Waals surface area (Å²) in [5.41, 5.74) is 6.79. The van der Waals surface area contributed by atoms with Crippen molar-refractivity contribution >= 4 is 5.57 Å². The van der Waals surface area contributed by atoms with E-state index < -0.39 is 0 Å². The Morgan fingerprint density at radius 1 is 1.05 bits per heavy atom. The maximum atomic E-state index is 5.90. The number of rotatable bonds is 0. The van der Waals surface area contributed by atoms with Crippen LogP contribution in [0.25, 0.3) is 5.57 Å². The predicted molar refractivity (Wildman–Crippen MR) is 87.8 cm³/mol. The fraction of sp³-hybridized carbons (Fsp3) is 0.421. The molecule has 4 rings (SSSR count). The van der Waals surface area contributed by atoms with Crippen LogP contribution in [0.4, 0.5) is 0 Å². The van der Waals surface area contributed by atoms with Crippen molar-refractivity contribution < 1.29 is 4.42 Å². The van der Waals surface area contributed by atoms with E-state index in [1.54, 1.807) is 5.57 Å². The molecule has 0 unspecified atom stereocenters. The van der Waals surface area contributed by atoms with Crippen molar-refractivity contribution in [1.82, 2.24) is 9.88 Å². The molecule has 0 saturated carbocycles. The molecule has 114 valence electrons. The third-order valence-electron chi connectivity index (χ3n) is 4.89. The summed E-state index contributed by atoms with van der Waals surface area (Å²) in [4.78, 5) is 7.15. The predicted octanol–water partition coefficient (Wildman–Crippen LogP) is 3.61. The Kier molecular flexibility index (Phi) is 3.38. The van der Waals surface area contributed by atoms with Gasteiger partial charge in [-0.15, -0.1) is 0 Å². The number of aryl methyl sites for hydroxylation is 3. The molecule has 22 heavy (non-hydrogen) atoms. The second kappa shape index (κ2) is 5.40. The number of hydrogen-bond acceptors (Lipinski definition) is 3. The van der Waals surface area contributed by atoms with Crippen LogP contribution in [0.1, 0.15) is 41.3 Å². The Bertz CT molecular complexity index is 732. The molecule has 0 amide bonds. The molecule has 1 aromatic heterocycles. The van der Waals surface area contributed by atoms with Gasteiger partial charge in [-0.25, -0.2) is 4.98 Å². The summed E-state index contributed by atoms with van der Waals surface area (Å²) in [6, 6.07) is 8.80. The quantitative estimate of drug-likeness (QED) is 0.743. The average molecular weight is 294 g/mol. The Morgan fingerprint density at radius 2 is 1.82 bits per heavy atom. The van der Waals surface area contributed by atoms with E-state index in [2.05, 4.69) is 36.2 Å². The fourth-order valence-corrected chi connectivity index (χ4v) is 3.69. The van der Waals surface area contributed by atoms with Gasteiger partial charge >= 0.3 is 0 Å². The van der Waals surface area contributed by atoms with Crippen LogP contribution < -0.4 is 0 Å². The minimum Gasteiger partial charge on any atom is -0.445 e. The van der Waals surface area contributed by atoms with Crippen LogP contribution >= 0.6 is 0 Å². The molecule has 2 aromatic rings. The first-order chi connectivity index (χ1) is 10.7. The molecule has 3 heteroatoms. The zero-order valence-electron chi connectivity index (χ0n) is 13.4. The molecule has 1 aliphatic heterocycles. The summed E-state index contributed by atoms with van der Waals surface area (Å²) in [6.45, 7) is 4.22. The van der Waals surface area contributed by atoms with Gasteiger partial charge < -0.3 is 9.32 Å². The maximum Gasteiger partial charge on any atom is 0.191 e. The summed E-state index contributed by atoms with van der Waals surface area (Å²) >= 11 is 0. The van der Waals surface area contributed by atoms with Crippen LogP contribution in [0.15, 0.2) is 34.3 Å². The van der Waals surface area contributed by atoms with Crippen molar-refractivity contribution in [3.05, 3.63) is 58.3 Å². The zero-order chi connectivity index (χ0) is 15.1. The van der Waals surface area contributed by atoms with Crippen molar-refractivity contribution in [3.63, 3.8) is 0 Å². The lowest BCUT2D eigenvalue weighted by molar-refractivity contribution is 0.313. The second-order valence-corrected chi connectivity index (χ2v) is 6.44. The SMILES string of the molecule is Cc1nc2c(o1)CCc1ccccc1C2=C1CCN(C)CC1. The third kappa shape index (κ3) is 2.30. The molecular weight excluding hydrogens is 272 g/mol. The van der Waals surface area contributed by atoms with E-state index in [9.17, 15) is 0 Å². The highest BCUT2D eigenvalue weighted by atomic mass is 16.4. The van der Waals surface area contributed by atoms with Crippen LogP contribution in [0.5, 0.6) is 0 Å². The summed E-state index contributed by atoms with van der Waals surface area (Å²) in [5, 5.41) is 0. The van der Waals surface area contributed by atoms with Crippen LogP contribution in [-0.2, 0) is 12.8 Å². The van der Waals surface area contributed by atoms with E-state index in [1.807, 2.05) is 6.92 Å². The number of fused-ring (bicyclic) bond motifs is 2. The molecule has 0 N–H and O–H groups in total. The Morgan fingerprint density at radius 3 is 2.64 bits per heavy atom. The summed E-state index contributed by atoms with van der Waals surface area (Å²) < 4.78 is 5.90. The van der Waals surface area contributed by atoms with Crippen LogP contribution in [0.3, 0.4) is 0 Å². The standard InChI is InChI=1S/C19H22N2O/c1-13-20-19-17(22-13)8-7-14-5-3-4-6-16(14)18(19)15-9-11-21(2)12-10-15/h3-6H,7-12H2,1-2H3.